The summed E-state index contributed by atoms with van der Waals surface area (Å²) in [6.45, 7) is 9.68. The van der Waals surface area contributed by atoms with Crippen molar-refractivity contribution in [3.63, 3.8) is 0 Å². The van der Waals surface area contributed by atoms with Crippen LogP contribution in [-0.4, -0.2) is 96.7 Å². The Balaban J connectivity index is 5.19. The van der Waals surface area contributed by atoms with E-state index < -0.39 is 97.5 Å². The van der Waals surface area contributed by atoms with Gasteiger partial charge in [0.1, 0.15) is 19.3 Å². The number of unbranched alkanes of at least 4 members (excludes halogenated alkanes) is 47. The number of hydrogen-bond donors (Lipinski definition) is 3. The summed E-state index contributed by atoms with van der Waals surface area (Å²) in [6, 6.07) is 0. The number of phosphoric acid groups is 2. The van der Waals surface area contributed by atoms with E-state index in [4.69, 9.17) is 37.0 Å². The Bertz CT molecular complexity index is 1890. The van der Waals surface area contributed by atoms with Gasteiger partial charge in [0, 0.05) is 25.7 Å². The Morgan fingerprint density at radius 1 is 0.296 bits per heavy atom. The number of rotatable bonds is 78. The largest absolute Gasteiger partial charge is 0.472 e. The van der Waals surface area contributed by atoms with Gasteiger partial charge in [-0.05, 0) is 37.5 Å². The maximum Gasteiger partial charge on any atom is 0.472 e. The average molecular weight is 1440 g/mol. The molecule has 0 bridgehead atoms. The van der Waals surface area contributed by atoms with Crippen LogP contribution in [0.2, 0.25) is 0 Å². The molecule has 0 aliphatic carbocycles. The molecule has 0 radical (unpaired) electrons. The predicted molar refractivity (Wildman–Crippen MR) is 400 cm³/mol. The SMILES string of the molecule is CCCCCCCCCCCCCCC(=O)O[C@H](COC(=O)CCCCCCCCCCC)COP(=O)(O)OC[C@H](O)COP(=O)(O)OC[C@@H](COC(=O)CCCCCCCCCCCCCCC(C)C)OC(=O)CCCCCCCCCCCCCCCCCCCCC(C)CC. The number of carbonyl (C=O) groups is 4. The lowest BCUT2D eigenvalue weighted by Gasteiger charge is -2.21. The van der Waals surface area contributed by atoms with Gasteiger partial charge >= 0.3 is 39.5 Å². The van der Waals surface area contributed by atoms with Crippen LogP contribution in [0.4, 0.5) is 0 Å². The molecule has 6 atom stereocenters. The van der Waals surface area contributed by atoms with Gasteiger partial charge in [0.2, 0.25) is 0 Å². The monoisotopic (exact) mass is 1440 g/mol. The molecule has 3 unspecified atom stereocenters. The molecule has 0 heterocycles. The Labute approximate surface area is 600 Å². The molecular weight excluding hydrogens is 1280 g/mol. The Hall–Kier alpha value is -1.94. The van der Waals surface area contributed by atoms with Gasteiger partial charge in [-0.25, -0.2) is 9.13 Å². The highest BCUT2D eigenvalue weighted by atomic mass is 31.2. The lowest BCUT2D eigenvalue weighted by Crippen LogP contribution is -2.30. The molecule has 0 fully saturated rings. The highest BCUT2D eigenvalue weighted by Gasteiger charge is 2.30. The van der Waals surface area contributed by atoms with E-state index in [1.165, 1.54) is 231 Å². The molecule has 0 aliphatic heterocycles. The third kappa shape index (κ3) is 71.1. The van der Waals surface area contributed by atoms with Gasteiger partial charge in [0.25, 0.3) is 0 Å². The fraction of sp³-hybridized carbons (Fsp3) is 0.949. The molecule has 0 rings (SSSR count). The normalized spacial score (nSPS) is 14.2. The van der Waals surface area contributed by atoms with E-state index >= 15 is 0 Å². The summed E-state index contributed by atoms with van der Waals surface area (Å²) in [5.41, 5.74) is 0. The van der Waals surface area contributed by atoms with Crippen LogP contribution in [0, 0.1) is 11.8 Å². The van der Waals surface area contributed by atoms with E-state index in [2.05, 4.69) is 41.5 Å². The molecule has 19 heteroatoms. The topological polar surface area (TPSA) is 237 Å². The lowest BCUT2D eigenvalue weighted by atomic mass is 9.99. The highest BCUT2D eigenvalue weighted by molar-refractivity contribution is 7.47. The second kappa shape index (κ2) is 70.7. The van der Waals surface area contributed by atoms with Gasteiger partial charge in [0.05, 0.1) is 26.4 Å². The van der Waals surface area contributed by atoms with Gasteiger partial charge < -0.3 is 33.8 Å². The van der Waals surface area contributed by atoms with Crippen molar-refractivity contribution in [3.05, 3.63) is 0 Å². The molecular formula is C79H154O17P2. The number of aliphatic hydroxyl groups excluding tert-OH is 1. The van der Waals surface area contributed by atoms with Crippen LogP contribution in [0.15, 0.2) is 0 Å². The third-order valence-corrected chi connectivity index (χ3v) is 20.7. The first kappa shape index (κ1) is 96.1. The Morgan fingerprint density at radius 2 is 0.520 bits per heavy atom. The van der Waals surface area contributed by atoms with Crippen molar-refractivity contribution < 1.29 is 80.2 Å². The van der Waals surface area contributed by atoms with E-state index in [1.54, 1.807) is 0 Å². The fourth-order valence-electron chi connectivity index (χ4n) is 12.2. The van der Waals surface area contributed by atoms with Gasteiger partial charge in [-0.15, -0.1) is 0 Å². The van der Waals surface area contributed by atoms with E-state index in [-0.39, 0.29) is 25.7 Å². The number of hydrogen-bond acceptors (Lipinski definition) is 15. The summed E-state index contributed by atoms with van der Waals surface area (Å²) in [5, 5.41) is 10.6. The molecule has 0 aromatic heterocycles. The van der Waals surface area contributed by atoms with E-state index in [0.717, 1.165) is 102 Å². The molecule has 17 nitrogen and oxygen atoms in total. The molecule has 0 aliphatic rings. The predicted octanol–water partition coefficient (Wildman–Crippen LogP) is 23.5. The molecule has 0 aromatic carbocycles. The minimum atomic E-state index is -4.96. The average Bonchev–Trinajstić information content (AvgIpc) is 1.09. The van der Waals surface area contributed by atoms with Gasteiger partial charge in [-0.1, -0.05) is 363 Å². The summed E-state index contributed by atoms with van der Waals surface area (Å²) in [5.74, 6) is -0.459. The second-order valence-electron chi connectivity index (χ2n) is 29.2. The maximum absolute atomic E-state index is 13.1. The minimum Gasteiger partial charge on any atom is -0.462 e. The van der Waals surface area contributed by atoms with Crippen LogP contribution in [0.1, 0.15) is 414 Å². The van der Waals surface area contributed by atoms with Crippen LogP contribution >= 0.6 is 15.6 Å². The molecule has 0 aromatic rings. The van der Waals surface area contributed by atoms with Crippen molar-refractivity contribution in [2.75, 3.05) is 39.6 Å². The van der Waals surface area contributed by atoms with Gasteiger partial charge in [-0.2, -0.15) is 0 Å². The lowest BCUT2D eigenvalue weighted by molar-refractivity contribution is -0.161. The molecule has 3 N–H and O–H groups in total. The van der Waals surface area contributed by atoms with Crippen LogP contribution in [0.25, 0.3) is 0 Å². The zero-order valence-electron chi connectivity index (χ0n) is 64.1. The summed E-state index contributed by atoms with van der Waals surface area (Å²) in [6.07, 6.45) is 59.6. The third-order valence-electron chi connectivity index (χ3n) is 18.8. The van der Waals surface area contributed by atoms with Crippen molar-refractivity contribution in [1.82, 2.24) is 0 Å². The first-order chi connectivity index (χ1) is 47.4. The standard InChI is InChI=1S/C79H154O17P2/c1-7-10-12-14-16-18-19-32-39-45-51-57-63-78(83)95-74(67-89-76(81)61-55-49-43-35-17-15-13-11-8-2)69-93-97(85,86)91-65-73(80)66-92-98(87,88)94-70-75(68-90-77(82)62-56-50-44-38-33-29-28-30-36-41-47-53-59-71(4)5)96-79(84)64-58-52-46-40-34-27-25-23-21-20-22-24-26-31-37-42-48-54-60-72(6)9-3/h71-75,80H,7-70H2,1-6H3,(H,85,86)(H,87,88)/t72?,73-,74+,75+/m0/s1. The van der Waals surface area contributed by atoms with Crippen molar-refractivity contribution in [2.45, 2.75) is 432 Å². The zero-order valence-corrected chi connectivity index (χ0v) is 65.9. The van der Waals surface area contributed by atoms with Crippen LogP contribution < -0.4 is 0 Å². The van der Waals surface area contributed by atoms with Gasteiger partial charge in [-0.3, -0.25) is 37.3 Å². The molecule has 0 amide bonds. The molecule has 0 saturated carbocycles. The second-order valence-corrected chi connectivity index (χ2v) is 32.1. The van der Waals surface area contributed by atoms with Crippen molar-refractivity contribution in [3.8, 4) is 0 Å². The zero-order chi connectivity index (χ0) is 72.1. The molecule has 582 valence electrons. The molecule has 0 saturated heterocycles. The smallest absolute Gasteiger partial charge is 0.462 e. The van der Waals surface area contributed by atoms with Crippen LogP contribution in [-0.2, 0) is 65.4 Å². The number of esters is 4. The summed E-state index contributed by atoms with van der Waals surface area (Å²) >= 11 is 0. The molecule has 0 spiro atoms. The maximum atomic E-state index is 13.1. The number of carbonyl (C=O) groups excluding carboxylic acids is 4. The summed E-state index contributed by atoms with van der Waals surface area (Å²) < 4.78 is 68.6. The number of aliphatic hydroxyl groups is 1. The van der Waals surface area contributed by atoms with Crippen LogP contribution in [0.5, 0.6) is 0 Å². The van der Waals surface area contributed by atoms with Crippen molar-refractivity contribution in [2.24, 2.45) is 11.8 Å². The van der Waals surface area contributed by atoms with E-state index in [0.29, 0.717) is 25.7 Å². The van der Waals surface area contributed by atoms with Crippen molar-refractivity contribution >= 4 is 39.5 Å². The highest BCUT2D eigenvalue weighted by Crippen LogP contribution is 2.45. The first-order valence-corrected chi connectivity index (χ1v) is 44.0. The quantitative estimate of drug-likeness (QED) is 0.0222. The Kier molecular flexibility index (Phi) is 69.3. The van der Waals surface area contributed by atoms with E-state index in [9.17, 15) is 43.2 Å². The Morgan fingerprint density at radius 3 is 0.776 bits per heavy atom. The van der Waals surface area contributed by atoms with Crippen molar-refractivity contribution in [1.29, 1.82) is 0 Å². The first-order valence-electron chi connectivity index (χ1n) is 41.0. The van der Waals surface area contributed by atoms with E-state index in [1.807, 2.05) is 0 Å². The summed E-state index contributed by atoms with van der Waals surface area (Å²) in [4.78, 5) is 72.8. The van der Waals surface area contributed by atoms with Gasteiger partial charge in [0.15, 0.2) is 12.2 Å². The number of phosphoric ester groups is 2. The minimum absolute atomic E-state index is 0.107. The molecule has 98 heavy (non-hydrogen) atoms. The number of ether oxygens (including phenoxy) is 4. The fourth-order valence-corrected chi connectivity index (χ4v) is 13.7. The summed E-state index contributed by atoms with van der Waals surface area (Å²) in [7, 11) is -9.91. The van der Waals surface area contributed by atoms with Crippen LogP contribution in [0.3, 0.4) is 0 Å².